The van der Waals surface area contributed by atoms with Crippen LogP contribution in [0, 0.1) is 11.3 Å². The van der Waals surface area contributed by atoms with Gasteiger partial charge in [-0.3, -0.25) is 14.2 Å². The molecule has 6 nitrogen and oxygen atoms in total. The smallest absolute Gasteiger partial charge is 0.273 e. The first-order valence-electron chi connectivity index (χ1n) is 10.1. The van der Waals surface area contributed by atoms with E-state index in [4.69, 9.17) is 11.6 Å². The summed E-state index contributed by atoms with van der Waals surface area (Å²) in [5.41, 5.74) is 1.13. The Morgan fingerprint density at radius 1 is 1.06 bits per heavy atom. The summed E-state index contributed by atoms with van der Waals surface area (Å²) in [5, 5.41) is 10.6. The van der Waals surface area contributed by atoms with Crippen molar-refractivity contribution < 1.29 is 4.79 Å². The molecule has 2 aromatic carbocycles. The highest BCUT2D eigenvalue weighted by molar-refractivity contribution is 7.07. The zero-order chi connectivity index (χ0) is 22.7. The molecule has 32 heavy (non-hydrogen) atoms. The van der Waals surface area contributed by atoms with E-state index in [0.717, 1.165) is 30.0 Å². The Kier molecular flexibility index (Phi) is 6.56. The summed E-state index contributed by atoms with van der Waals surface area (Å²) in [6.07, 6.45) is 1.75. The highest BCUT2D eigenvalue weighted by Crippen LogP contribution is 2.11. The van der Waals surface area contributed by atoms with Crippen molar-refractivity contribution in [1.29, 1.82) is 5.26 Å². The number of piperazine rings is 1. The molecule has 1 saturated heterocycles. The normalized spacial score (nSPS) is 16.0. The zero-order valence-corrected chi connectivity index (χ0v) is 19.1. The number of aromatic nitrogens is 1. The number of nitrogens with zero attached hydrogens (tertiary/aromatic N) is 4. The van der Waals surface area contributed by atoms with Gasteiger partial charge in [-0.05, 0) is 43.0 Å². The quantitative estimate of drug-likeness (QED) is 0.593. The molecule has 1 aromatic heterocycles. The lowest BCUT2D eigenvalue weighted by molar-refractivity contribution is -0.126. The van der Waals surface area contributed by atoms with Crippen molar-refractivity contribution in [1.82, 2.24) is 14.4 Å². The predicted octanol–water partition coefficient (Wildman–Crippen LogP) is 1.83. The summed E-state index contributed by atoms with van der Waals surface area (Å²) in [7, 11) is 2.00. The molecular weight excluding hydrogens is 444 g/mol. The average Bonchev–Trinajstić information content (AvgIpc) is 3.12. The Balaban J connectivity index is 1.94. The number of para-hydroxylation sites is 1. The molecule has 2 heterocycles. The number of likely N-dealkylation sites (N-methyl/N-ethyl adjacent to an activating group) is 1. The third-order valence-electron chi connectivity index (χ3n) is 5.34. The van der Waals surface area contributed by atoms with E-state index in [1.165, 1.54) is 4.57 Å². The molecule has 0 N–H and O–H groups in total. The van der Waals surface area contributed by atoms with Gasteiger partial charge in [0.25, 0.3) is 11.5 Å². The number of thiazole rings is 1. The third kappa shape index (κ3) is 4.53. The van der Waals surface area contributed by atoms with Crippen molar-refractivity contribution in [3.8, 4) is 11.8 Å². The van der Waals surface area contributed by atoms with Crippen LogP contribution in [0.4, 0.5) is 0 Å². The summed E-state index contributed by atoms with van der Waals surface area (Å²) in [6.45, 7) is 2.59. The molecule has 0 bridgehead atoms. The molecule has 0 unspecified atom stereocenters. The van der Waals surface area contributed by atoms with E-state index >= 15 is 0 Å². The maximum Gasteiger partial charge on any atom is 0.273 e. The van der Waals surface area contributed by atoms with Crippen molar-refractivity contribution in [2.75, 3.05) is 33.2 Å². The fourth-order valence-electron chi connectivity index (χ4n) is 3.53. The van der Waals surface area contributed by atoms with Crippen LogP contribution in [0.2, 0.25) is 5.02 Å². The highest BCUT2D eigenvalue weighted by atomic mass is 35.5. The van der Waals surface area contributed by atoms with Crippen LogP contribution >= 0.6 is 22.9 Å². The number of benzene rings is 2. The molecule has 1 amide bonds. The van der Waals surface area contributed by atoms with Gasteiger partial charge in [-0.25, -0.2) is 0 Å². The van der Waals surface area contributed by atoms with Gasteiger partial charge in [0.1, 0.15) is 10.7 Å². The molecular formula is C24H21ClN4O2S. The zero-order valence-electron chi connectivity index (χ0n) is 17.5. The average molecular weight is 465 g/mol. The van der Waals surface area contributed by atoms with Gasteiger partial charge < -0.3 is 9.80 Å². The van der Waals surface area contributed by atoms with Crippen molar-refractivity contribution >= 4 is 40.5 Å². The lowest BCUT2D eigenvalue weighted by Gasteiger charge is -2.32. The first kappa shape index (κ1) is 22.0. The van der Waals surface area contributed by atoms with Crippen LogP contribution in [0.5, 0.6) is 0 Å². The lowest BCUT2D eigenvalue weighted by atomic mass is 10.2. The number of halogens is 1. The van der Waals surface area contributed by atoms with Crippen molar-refractivity contribution in [3.05, 3.63) is 84.7 Å². The second-order valence-corrected chi connectivity index (χ2v) is 8.99. The van der Waals surface area contributed by atoms with Crippen LogP contribution in [0.25, 0.3) is 17.3 Å². The van der Waals surface area contributed by atoms with Crippen molar-refractivity contribution in [2.24, 2.45) is 0 Å². The Labute approximate surface area is 194 Å². The van der Waals surface area contributed by atoms with Crippen LogP contribution in [0.15, 0.2) is 59.4 Å². The third-order valence-corrected chi connectivity index (χ3v) is 6.68. The van der Waals surface area contributed by atoms with Gasteiger partial charge >= 0.3 is 0 Å². The van der Waals surface area contributed by atoms with Crippen LogP contribution in [0.1, 0.15) is 5.56 Å². The predicted molar refractivity (Wildman–Crippen MR) is 127 cm³/mol. The maximum absolute atomic E-state index is 13.4. The van der Waals surface area contributed by atoms with Crippen LogP contribution < -0.4 is 14.8 Å². The van der Waals surface area contributed by atoms with Crippen LogP contribution in [0.3, 0.4) is 0 Å². The Morgan fingerprint density at radius 3 is 2.34 bits per heavy atom. The number of rotatable bonds is 3. The van der Waals surface area contributed by atoms with E-state index in [1.807, 2.05) is 37.4 Å². The molecule has 8 heteroatoms. The highest BCUT2D eigenvalue weighted by Gasteiger charge is 2.24. The van der Waals surface area contributed by atoms with Gasteiger partial charge in [-0.2, -0.15) is 5.26 Å². The fraction of sp³-hybridized carbons (Fsp3) is 0.208. The first-order chi connectivity index (χ1) is 15.5. The maximum atomic E-state index is 13.4. The Bertz CT molecular complexity index is 1350. The van der Waals surface area contributed by atoms with Crippen LogP contribution in [-0.2, 0) is 4.79 Å². The molecule has 162 valence electrons. The first-order valence-corrected chi connectivity index (χ1v) is 11.3. The molecule has 0 saturated carbocycles. The van der Waals surface area contributed by atoms with E-state index in [9.17, 15) is 14.9 Å². The second-order valence-electron chi connectivity index (χ2n) is 7.53. The Morgan fingerprint density at radius 2 is 1.72 bits per heavy atom. The molecule has 1 aliphatic rings. The molecule has 0 atom stereocenters. The number of hydrogen-bond acceptors (Lipinski definition) is 5. The Hall–Kier alpha value is -3.18. The van der Waals surface area contributed by atoms with Gasteiger partial charge in [-0.1, -0.05) is 41.9 Å². The van der Waals surface area contributed by atoms with Crippen molar-refractivity contribution in [3.63, 3.8) is 0 Å². The minimum atomic E-state index is -0.343. The minimum Gasteiger partial charge on any atom is -0.335 e. The van der Waals surface area contributed by atoms with Gasteiger partial charge in [0.2, 0.25) is 0 Å². The van der Waals surface area contributed by atoms with Gasteiger partial charge in [-0.15, -0.1) is 11.3 Å². The fourth-order valence-corrected chi connectivity index (χ4v) is 4.75. The van der Waals surface area contributed by atoms with E-state index in [2.05, 4.69) is 11.0 Å². The van der Waals surface area contributed by atoms with E-state index in [1.54, 1.807) is 35.2 Å². The topological polar surface area (TPSA) is 69.3 Å². The van der Waals surface area contributed by atoms with Gasteiger partial charge in [0.05, 0.1) is 10.2 Å². The molecule has 3 aromatic rings. The summed E-state index contributed by atoms with van der Waals surface area (Å²) in [4.78, 5) is 30.5. The standard InChI is InChI=1S/C24H21ClN4O2S/c1-27-11-13-28(14-12-27)22(30)20(16-26)24-29(19-5-3-2-4-6-19)23(31)21(32-24)15-17-7-9-18(25)10-8-17/h2-10,15H,11-14H2,1H3. The monoisotopic (exact) mass is 464 g/mol. The molecule has 0 spiro atoms. The number of hydrogen-bond donors (Lipinski definition) is 0. The molecule has 0 aliphatic carbocycles. The summed E-state index contributed by atoms with van der Waals surface area (Å²) < 4.78 is 2.23. The summed E-state index contributed by atoms with van der Waals surface area (Å²) in [5.74, 6) is -0.343. The lowest BCUT2D eigenvalue weighted by Crippen LogP contribution is -2.48. The van der Waals surface area contributed by atoms with Crippen molar-refractivity contribution in [2.45, 2.75) is 0 Å². The number of carbonyl (C=O) groups excluding carboxylic acids is 1. The summed E-state index contributed by atoms with van der Waals surface area (Å²) in [6, 6.07) is 18.3. The molecule has 1 fully saturated rings. The minimum absolute atomic E-state index is 0.0173. The SMILES string of the molecule is CN1CCN(C(=O)C(C#N)=c2sc(=Cc3ccc(Cl)cc3)c(=O)n2-c2ccccc2)CC1. The van der Waals surface area contributed by atoms with E-state index in [-0.39, 0.29) is 17.0 Å². The summed E-state index contributed by atoms with van der Waals surface area (Å²) >= 11 is 7.12. The van der Waals surface area contributed by atoms with Gasteiger partial charge in [0.15, 0.2) is 5.57 Å². The number of nitriles is 1. The number of carbonyl (C=O) groups is 1. The molecule has 1 aliphatic heterocycles. The van der Waals surface area contributed by atoms with E-state index in [0.29, 0.717) is 33.0 Å². The van der Waals surface area contributed by atoms with E-state index < -0.39 is 0 Å². The molecule has 0 radical (unpaired) electrons. The van der Waals surface area contributed by atoms with Crippen LogP contribution in [-0.4, -0.2) is 53.5 Å². The second kappa shape index (κ2) is 9.53. The largest absolute Gasteiger partial charge is 0.335 e. The van der Waals surface area contributed by atoms with Gasteiger partial charge in [0, 0.05) is 31.2 Å². The number of amides is 1. The molecule has 4 rings (SSSR count).